The minimum absolute atomic E-state index is 0.0212. The van der Waals surface area contributed by atoms with Gasteiger partial charge in [-0.25, -0.2) is 14.8 Å². The zero-order valence-electron chi connectivity index (χ0n) is 16.0. The van der Waals surface area contributed by atoms with Gasteiger partial charge in [0.1, 0.15) is 11.9 Å². The molecule has 0 bridgehead atoms. The third-order valence-electron chi connectivity index (χ3n) is 4.68. The molecule has 0 saturated heterocycles. The summed E-state index contributed by atoms with van der Waals surface area (Å²) in [6, 6.07) is 7.07. The molecule has 0 spiro atoms. The number of carbonyl (C=O) groups excluding carboxylic acids is 2. The number of aromatic nitrogens is 2. The van der Waals surface area contributed by atoms with E-state index in [2.05, 4.69) is 20.6 Å². The van der Waals surface area contributed by atoms with E-state index in [4.69, 9.17) is 4.74 Å². The second-order valence-corrected chi connectivity index (χ2v) is 7.32. The van der Waals surface area contributed by atoms with E-state index in [0.717, 1.165) is 23.7 Å². The summed E-state index contributed by atoms with van der Waals surface area (Å²) in [5, 5.41) is 6.91. The first-order valence-corrected chi connectivity index (χ1v) is 9.34. The molecule has 1 atom stereocenters. The van der Waals surface area contributed by atoms with Crippen molar-refractivity contribution in [2.45, 2.75) is 45.7 Å². The second kappa shape index (κ2) is 8.33. The molecule has 2 aromatic rings. The Bertz CT molecular complexity index is 833. The molecular formula is C20H26N4O3. The van der Waals surface area contributed by atoms with Crippen LogP contribution in [0.5, 0.6) is 0 Å². The average molecular weight is 370 g/mol. The molecule has 0 unspecified atom stereocenters. The normalized spacial score (nSPS) is 14.8. The minimum atomic E-state index is -0.523. The number of hydrogen-bond donors (Lipinski definition) is 2. The molecule has 7 nitrogen and oxygen atoms in total. The van der Waals surface area contributed by atoms with Gasteiger partial charge in [0.15, 0.2) is 5.82 Å². The van der Waals surface area contributed by atoms with Crippen molar-refractivity contribution in [3.63, 3.8) is 0 Å². The van der Waals surface area contributed by atoms with Crippen molar-refractivity contribution in [2.24, 2.45) is 11.8 Å². The lowest BCUT2D eigenvalue weighted by Crippen LogP contribution is -2.36. The van der Waals surface area contributed by atoms with Gasteiger partial charge in [-0.1, -0.05) is 26.0 Å². The monoisotopic (exact) mass is 370 g/mol. The summed E-state index contributed by atoms with van der Waals surface area (Å²) in [6.45, 7) is 4.14. The van der Waals surface area contributed by atoms with Gasteiger partial charge in [-0.05, 0) is 36.8 Å². The fourth-order valence-corrected chi connectivity index (χ4v) is 2.92. The van der Waals surface area contributed by atoms with Crippen molar-refractivity contribution in [1.29, 1.82) is 0 Å². The van der Waals surface area contributed by atoms with Crippen LogP contribution in [0.4, 0.5) is 5.82 Å². The summed E-state index contributed by atoms with van der Waals surface area (Å²) >= 11 is 0. The largest absolute Gasteiger partial charge is 0.467 e. The smallest absolute Gasteiger partial charge is 0.328 e. The number of methoxy groups -OCH3 is 1. The number of benzene rings is 1. The van der Waals surface area contributed by atoms with Gasteiger partial charge < -0.3 is 15.4 Å². The number of hydrogen-bond acceptors (Lipinski definition) is 6. The molecule has 0 radical (unpaired) electrons. The first kappa shape index (κ1) is 19.1. The van der Waals surface area contributed by atoms with Crippen LogP contribution in [0.2, 0.25) is 0 Å². The Morgan fingerprint density at radius 3 is 2.63 bits per heavy atom. The number of nitrogens with one attached hydrogen (secondary N) is 2. The SMILES string of the molecule is COC(=O)[C@@H](Nc1nc(CNC(=O)CC2CC2)nc2ccccc12)C(C)C. The van der Waals surface area contributed by atoms with Gasteiger partial charge in [-0.2, -0.15) is 0 Å². The molecule has 2 N–H and O–H groups in total. The molecule has 1 saturated carbocycles. The maximum atomic E-state index is 12.1. The number of carbonyl (C=O) groups is 2. The molecular weight excluding hydrogens is 344 g/mol. The van der Waals surface area contributed by atoms with Crippen molar-refractivity contribution >= 4 is 28.6 Å². The van der Waals surface area contributed by atoms with Crippen LogP contribution in [0.25, 0.3) is 10.9 Å². The third-order valence-corrected chi connectivity index (χ3v) is 4.68. The molecule has 1 aromatic heterocycles. The van der Waals surface area contributed by atoms with Crippen LogP contribution in [-0.4, -0.2) is 35.0 Å². The van der Waals surface area contributed by atoms with E-state index < -0.39 is 6.04 Å². The summed E-state index contributed by atoms with van der Waals surface area (Å²) in [6.07, 6.45) is 2.84. The minimum Gasteiger partial charge on any atom is -0.467 e. The highest BCUT2D eigenvalue weighted by Crippen LogP contribution is 2.32. The van der Waals surface area contributed by atoms with Crippen LogP contribution < -0.4 is 10.6 Å². The van der Waals surface area contributed by atoms with Crippen molar-refractivity contribution in [3.8, 4) is 0 Å². The number of esters is 1. The lowest BCUT2D eigenvalue weighted by molar-refractivity contribution is -0.142. The highest BCUT2D eigenvalue weighted by Gasteiger charge is 2.25. The van der Waals surface area contributed by atoms with E-state index in [1.54, 1.807) is 0 Å². The quantitative estimate of drug-likeness (QED) is 0.694. The topological polar surface area (TPSA) is 93.2 Å². The fraction of sp³-hybridized carbons (Fsp3) is 0.500. The maximum absolute atomic E-state index is 12.1. The molecule has 27 heavy (non-hydrogen) atoms. The molecule has 0 aliphatic heterocycles. The summed E-state index contributed by atoms with van der Waals surface area (Å²) < 4.78 is 4.91. The van der Waals surface area contributed by atoms with Gasteiger partial charge in [-0.15, -0.1) is 0 Å². The number of rotatable bonds is 8. The lowest BCUT2D eigenvalue weighted by Gasteiger charge is -2.21. The summed E-state index contributed by atoms with van der Waals surface area (Å²) in [5.74, 6) is 1.31. The van der Waals surface area contributed by atoms with E-state index in [-0.39, 0.29) is 24.3 Å². The number of nitrogens with zero attached hydrogens (tertiary/aromatic N) is 2. The Labute approximate surface area is 158 Å². The number of anilines is 1. The predicted octanol–water partition coefficient (Wildman–Crippen LogP) is 2.66. The van der Waals surface area contributed by atoms with E-state index in [9.17, 15) is 9.59 Å². The van der Waals surface area contributed by atoms with Crippen LogP contribution in [0, 0.1) is 11.8 Å². The highest BCUT2D eigenvalue weighted by atomic mass is 16.5. The molecule has 144 valence electrons. The molecule has 3 rings (SSSR count). The van der Waals surface area contributed by atoms with Gasteiger partial charge in [0.25, 0.3) is 0 Å². The van der Waals surface area contributed by atoms with Gasteiger partial charge in [0.05, 0.1) is 19.2 Å². The predicted molar refractivity (Wildman–Crippen MR) is 103 cm³/mol. The first-order chi connectivity index (χ1) is 13.0. The second-order valence-electron chi connectivity index (χ2n) is 7.32. The highest BCUT2D eigenvalue weighted by molar-refractivity contribution is 5.91. The van der Waals surface area contributed by atoms with E-state index >= 15 is 0 Å². The van der Waals surface area contributed by atoms with Crippen LogP contribution >= 0.6 is 0 Å². The molecule has 1 aromatic carbocycles. The molecule has 1 heterocycles. The molecule has 1 aliphatic carbocycles. The fourth-order valence-electron chi connectivity index (χ4n) is 2.92. The molecule has 7 heteroatoms. The Morgan fingerprint density at radius 2 is 1.96 bits per heavy atom. The standard InChI is InChI=1S/C20H26N4O3/c1-12(2)18(20(26)27-3)24-19-14-6-4-5-7-15(14)22-16(23-19)11-21-17(25)10-13-8-9-13/h4-7,12-13,18H,8-11H2,1-3H3,(H,21,25)(H,22,23,24)/t18-/m0/s1. The van der Waals surface area contributed by atoms with Gasteiger partial charge in [0.2, 0.25) is 5.91 Å². The maximum Gasteiger partial charge on any atom is 0.328 e. The van der Waals surface area contributed by atoms with Crippen molar-refractivity contribution in [1.82, 2.24) is 15.3 Å². The lowest BCUT2D eigenvalue weighted by atomic mass is 10.0. The van der Waals surface area contributed by atoms with Crippen LogP contribution in [0.15, 0.2) is 24.3 Å². The van der Waals surface area contributed by atoms with Crippen LogP contribution in [0.1, 0.15) is 38.9 Å². The molecule has 1 amide bonds. The number of fused-ring (bicyclic) bond motifs is 1. The average Bonchev–Trinajstić information content (AvgIpc) is 3.47. The van der Waals surface area contributed by atoms with Gasteiger partial charge in [-0.3, -0.25) is 4.79 Å². The van der Waals surface area contributed by atoms with Crippen LogP contribution in [-0.2, 0) is 20.9 Å². The Hall–Kier alpha value is -2.70. The Morgan fingerprint density at radius 1 is 1.22 bits per heavy atom. The summed E-state index contributed by atoms with van der Waals surface area (Å²) in [4.78, 5) is 33.2. The van der Waals surface area contributed by atoms with Gasteiger partial charge in [0, 0.05) is 11.8 Å². The first-order valence-electron chi connectivity index (χ1n) is 9.34. The zero-order valence-corrected chi connectivity index (χ0v) is 16.0. The van der Waals surface area contributed by atoms with Crippen LogP contribution in [0.3, 0.4) is 0 Å². The summed E-state index contributed by atoms with van der Waals surface area (Å²) in [7, 11) is 1.37. The number of ether oxygens (including phenoxy) is 1. The van der Waals surface area contributed by atoms with E-state index in [1.165, 1.54) is 7.11 Å². The number of para-hydroxylation sites is 1. The Kier molecular flexibility index (Phi) is 5.88. The van der Waals surface area contributed by atoms with Crippen molar-refractivity contribution in [3.05, 3.63) is 30.1 Å². The number of amides is 1. The summed E-state index contributed by atoms with van der Waals surface area (Å²) in [5.41, 5.74) is 0.758. The van der Waals surface area contributed by atoms with E-state index in [1.807, 2.05) is 38.1 Å². The third kappa shape index (κ3) is 4.93. The van der Waals surface area contributed by atoms with E-state index in [0.29, 0.717) is 24.0 Å². The van der Waals surface area contributed by atoms with Crippen molar-refractivity contribution in [2.75, 3.05) is 12.4 Å². The zero-order chi connectivity index (χ0) is 19.4. The molecule has 1 aliphatic rings. The Balaban J connectivity index is 1.83. The van der Waals surface area contributed by atoms with Crippen molar-refractivity contribution < 1.29 is 14.3 Å². The van der Waals surface area contributed by atoms with Gasteiger partial charge >= 0.3 is 5.97 Å². The molecule has 1 fully saturated rings.